The van der Waals surface area contributed by atoms with Crippen LogP contribution in [0.5, 0.6) is 11.5 Å². The summed E-state index contributed by atoms with van der Waals surface area (Å²) in [5.41, 5.74) is 9.50. The fourth-order valence-electron chi connectivity index (χ4n) is 1.96. The average molecular weight is 247 g/mol. The third-order valence-corrected chi connectivity index (χ3v) is 3.33. The van der Waals surface area contributed by atoms with Gasteiger partial charge in [0.25, 0.3) is 0 Å². The van der Waals surface area contributed by atoms with Crippen LogP contribution in [0.3, 0.4) is 0 Å². The Morgan fingerprint density at radius 1 is 1.28 bits per heavy atom. The molecule has 0 saturated heterocycles. The summed E-state index contributed by atoms with van der Waals surface area (Å²) >= 11 is 0. The lowest BCUT2D eigenvalue weighted by molar-refractivity contribution is 0.371. The molecule has 0 aliphatic carbocycles. The normalized spacial score (nSPS) is 10.7. The summed E-state index contributed by atoms with van der Waals surface area (Å²) < 4.78 is 6.79. The Balaban J connectivity index is 2.72. The zero-order chi connectivity index (χ0) is 13.4. The van der Waals surface area contributed by atoms with Crippen LogP contribution in [0.15, 0.2) is 12.3 Å². The number of hydrogen-bond donors (Lipinski definition) is 2. The molecule has 1 heterocycles. The molecule has 0 amide bonds. The Morgan fingerprint density at radius 2 is 1.94 bits per heavy atom. The lowest BCUT2D eigenvalue weighted by atomic mass is 9.97. The van der Waals surface area contributed by atoms with Crippen LogP contribution in [0, 0.1) is 13.8 Å². The van der Waals surface area contributed by atoms with Gasteiger partial charge in [0, 0.05) is 12.6 Å². The molecule has 18 heavy (non-hydrogen) atoms. The van der Waals surface area contributed by atoms with Crippen LogP contribution in [0.1, 0.15) is 11.1 Å². The first-order chi connectivity index (χ1) is 8.47. The van der Waals surface area contributed by atoms with Gasteiger partial charge < -0.3 is 15.6 Å². The molecule has 1 aromatic heterocycles. The minimum atomic E-state index is 0.168. The van der Waals surface area contributed by atoms with E-state index in [0.717, 1.165) is 22.3 Å². The topological polar surface area (TPSA) is 73.3 Å². The summed E-state index contributed by atoms with van der Waals surface area (Å²) in [5, 5.41) is 14.1. The molecule has 2 rings (SSSR count). The molecule has 0 spiro atoms. The number of aromatic nitrogens is 2. The van der Waals surface area contributed by atoms with Gasteiger partial charge in [0.1, 0.15) is 5.82 Å². The van der Waals surface area contributed by atoms with Gasteiger partial charge >= 0.3 is 0 Å². The minimum Gasteiger partial charge on any atom is -0.504 e. The van der Waals surface area contributed by atoms with Crippen LogP contribution in [0.4, 0.5) is 5.82 Å². The zero-order valence-electron chi connectivity index (χ0n) is 11.0. The second kappa shape index (κ2) is 4.25. The molecule has 0 atom stereocenters. The van der Waals surface area contributed by atoms with E-state index in [1.54, 1.807) is 24.0 Å². The molecule has 0 fully saturated rings. The number of ether oxygens (including phenoxy) is 1. The van der Waals surface area contributed by atoms with Crippen LogP contribution >= 0.6 is 0 Å². The van der Waals surface area contributed by atoms with Crippen LogP contribution < -0.4 is 10.5 Å². The van der Waals surface area contributed by atoms with Crippen molar-refractivity contribution in [1.29, 1.82) is 0 Å². The fraction of sp³-hybridized carbons (Fsp3) is 0.308. The standard InChI is InChI=1S/C13H17N3O2/c1-7-8(2)12(17)11(18-4)5-9(7)10-6-15-16(3)13(10)14/h5-6,17H,14H2,1-4H3. The predicted molar refractivity (Wildman–Crippen MR) is 70.7 cm³/mol. The lowest BCUT2D eigenvalue weighted by Crippen LogP contribution is -1.99. The first-order valence-electron chi connectivity index (χ1n) is 5.62. The molecule has 2 aromatic rings. The van der Waals surface area contributed by atoms with Gasteiger partial charge in [0.2, 0.25) is 0 Å². The van der Waals surface area contributed by atoms with E-state index in [2.05, 4.69) is 5.10 Å². The maximum absolute atomic E-state index is 9.95. The number of aryl methyl sites for hydroxylation is 1. The van der Waals surface area contributed by atoms with Crippen molar-refractivity contribution in [3.05, 3.63) is 23.4 Å². The maximum Gasteiger partial charge on any atom is 0.161 e. The molecule has 0 aliphatic heterocycles. The van der Waals surface area contributed by atoms with E-state index < -0.39 is 0 Å². The summed E-state index contributed by atoms with van der Waals surface area (Å²) in [7, 11) is 3.32. The lowest BCUT2D eigenvalue weighted by Gasteiger charge is -2.13. The van der Waals surface area contributed by atoms with Crippen molar-refractivity contribution in [1.82, 2.24) is 9.78 Å². The number of aromatic hydroxyl groups is 1. The number of nitrogens with two attached hydrogens (primary N) is 1. The monoisotopic (exact) mass is 247 g/mol. The van der Waals surface area contributed by atoms with Crippen LogP contribution in [0.2, 0.25) is 0 Å². The number of nitrogens with zero attached hydrogens (tertiary/aromatic N) is 2. The molecule has 5 nitrogen and oxygen atoms in total. The van der Waals surface area contributed by atoms with Crippen LogP contribution in [-0.2, 0) is 7.05 Å². The predicted octanol–water partition coefficient (Wildman–Crippen LogP) is 2.00. The highest BCUT2D eigenvalue weighted by Gasteiger charge is 2.16. The van der Waals surface area contributed by atoms with Gasteiger partial charge in [-0.05, 0) is 36.6 Å². The second-order valence-corrected chi connectivity index (χ2v) is 4.29. The van der Waals surface area contributed by atoms with E-state index in [0.29, 0.717) is 11.6 Å². The number of methoxy groups -OCH3 is 1. The number of phenols is 1. The van der Waals surface area contributed by atoms with Crippen molar-refractivity contribution >= 4 is 5.82 Å². The molecule has 0 unspecified atom stereocenters. The highest BCUT2D eigenvalue weighted by Crippen LogP contribution is 2.39. The number of anilines is 1. The van der Waals surface area contributed by atoms with Crippen molar-refractivity contribution in [3.63, 3.8) is 0 Å². The van der Waals surface area contributed by atoms with Gasteiger partial charge in [-0.25, -0.2) is 0 Å². The molecule has 0 aliphatic rings. The number of rotatable bonds is 2. The van der Waals surface area contributed by atoms with Gasteiger partial charge in [-0.1, -0.05) is 0 Å². The Morgan fingerprint density at radius 3 is 2.44 bits per heavy atom. The third kappa shape index (κ3) is 1.68. The Labute approximate surface area is 106 Å². The Kier molecular flexibility index (Phi) is 2.90. The van der Waals surface area contributed by atoms with E-state index in [1.807, 2.05) is 13.8 Å². The van der Waals surface area contributed by atoms with E-state index in [-0.39, 0.29) is 5.75 Å². The smallest absolute Gasteiger partial charge is 0.161 e. The maximum atomic E-state index is 9.95. The largest absolute Gasteiger partial charge is 0.504 e. The average Bonchev–Trinajstić information content (AvgIpc) is 2.68. The van der Waals surface area contributed by atoms with Crippen molar-refractivity contribution in [2.24, 2.45) is 7.05 Å². The quantitative estimate of drug-likeness (QED) is 0.851. The number of phenolic OH excluding ortho intramolecular Hbond substituents is 1. The molecule has 3 N–H and O–H groups in total. The molecule has 5 heteroatoms. The first kappa shape index (κ1) is 12.3. The van der Waals surface area contributed by atoms with E-state index >= 15 is 0 Å². The van der Waals surface area contributed by atoms with Crippen LogP contribution in [0.25, 0.3) is 11.1 Å². The van der Waals surface area contributed by atoms with Crippen molar-refractivity contribution in [3.8, 4) is 22.6 Å². The van der Waals surface area contributed by atoms with Crippen molar-refractivity contribution < 1.29 is 9.84 Å². The molecule has 0 radical (unpaired) electrons. The SMILES string of the molecule is COc1cc(-c2cnn(C)c2N)c(C)c(C)c1O. The third-order valence-electron chi connectivity index (χ3n) is 3.33. The molecule has 0 saturated carbocycles. The first-order valence-corrected chi connectivity index (χ1v) is 5.62. The number of benzene rings is 1. The Bertz CT molecular complexity index is 603. The zero-order valence-corrected chi connectivity index (χ0v) is 11.0. The fourth-order valence-corrected chi connectivity index (χ4v) is 1.96. The summed E-state index contributed by atoms with van der Waals surface area (Å²) in [6, 6.07) is 1.78. The van der Waals surface area contributed by atoms with Gasteiger partial charge in [-0.15, -0.1) is 0 Å². The summed E-state index contributed by atoms with van der Waals surface area (Å²) in [4.78, 5) is 0. The summed E-state index contributed by atoms with van der Waals surface area (Å²) in [6.07, 6.45) is 1.72. The van der Waals surface area contributed by atoms with Gasteiger partial charge in [0.15, 0.2) is 11.5 Å². The highest BCUT2D eigenvalue weighted by molar-refractivity contribution is 5.79. The number of nitrogen functional groups attached to an aromatic ring is 1. The van der Waals surface area contributed by atoms with Gasteiger partial charge in [0.05, 0.1) is 13.3 Å². The second-order valence-electron chi connectivity index (χ2n) is 4.29. The van der Waals surface area contributed by atoms with Crippen molar-refractivity contribution in [2.75, 3.05) is 12.8 Å². The molecular weight excluding hydrogens is 230 g/mol. The summed E-state index contributed by atoms with van der Waals surface area (Å²) in [6.45, 7) is 3.79. The summed E-state index contributed by atoms with van der Waals surface area (Å²) in [5.74, 6) is 1.20. The van der Waals surface area contributed by atoms with Gasteiger partial charge in [-0.2, -0.15) is 5.10 Å². The van der Waals surface area contributed by atoms with E-state index in [4.69, 9.17) is 10.5 Å². The highest BCUT2D eigenvalue weighted by atomic mass is 16.5. The minimum absolute atomic E-state index is 0.168. The number of hydrogen-bond acceptors (Lipinski definition) is 4. The van der Waals surface area contributed by atoms with E-state index in [9.17, 15) is 5.11 Å². The molecule has 0 bridgehead atoms. The Hall–Kier alpha value is -2.17. The molecule has 96 valence electrons. The van der Waals surface area contributed by atoms with Crippen LogP contribution in [-0.4, -0.2) is 22.0 Å². The van der Waals surface area contributed by atoms with E-state index in [1.165, 1.54) is 7.11 Å². The molecule has 1 aromatic carbocycles. The van der Waals surface area contributed by atoms with Crippen molar-refractivity contribution in [2.45, 2.75) is 13.8 Å². The molecular formula is C13H17N3O2. The van der Waals surface area contributed by atoms with Gasteiger partial charge in [-0.3, -0.25) is 4.68 Å².